The summed E-state index contributed by atoms with van der Waals surface area (Å²) in [5.41, 5.74) is 6.76. The summed E-state index contributed by atoms with van der Waals surface area (Å²) in [6.07, 6.45) is 6.07. The van der Waals surface area contributed by atoms with Crippen LogP contribution in [0.1, 0.15) is 12.8 Å². The van der Waals surface area contributed by atoms with E-state index in [4.69, 9.17) is 10.2 Å². The molecule has 1 saturated carbocycles. The summed E-state index contributed by atoms with van der Waals surface area (Å²) in [6, 6.07) is 4.25. The van der Waals surface area contributed by atoms with Gasteiger partial charge in [0, 0.05) is 25.8 Å². The first-order valence-corrected chi connectivity index (χ1v) is 6.06. The first kappa shape index (κ1) is 10.6. The molecule has 2 aromatic rings. The second kappa shape index (κ2) is 4.04. The zero-order valence-electron chi connectivity index (χ0n) is 9.97. The lowest BCUT2D eigenvalue weighted by Gasteiger charge is -2.28. The Morgan fingerprint density at radius 2 is 2.35 bits per heavy atom. The summed E-state index contributed by atoms with van der Waals surface area (Å²) >= 11 is 0. The third-order valence-corrected chi connectivity index (χ3v) is 3.60. The summed E-state index contributed by atoms with van der Waals surface area (Å²) in [6.45, 7) is 0.678. The van der Waals surface area contributed by atoms with Crippen LogP contribution in [0.3, 0.4) is 0 Å². The van der Waals surface area contributed by atoms with Gasteiger partial charge in [0.2, 0.25) is 0 Å². The lowest BCUT2D eigenvalue weighted by molar-refractivity contribution is 0.567. The van der Waals surface area contributed by atoms with Gasteiger partial charge in [-0.05, 0) is 30.9 Å². The Labute approximate surface area is 100 Å². The molecule has 0 bridgehead atoms. The molecule has 0 aliphatic heterocycles. The Morgan fingerprint density at radius 3 is 3.06 bits per heavy atom. The SMILES string of the molecule is CN(c1nccc2occc12)C(CN)C1CC1. The lowest BCUT2D eigenvalue weighted by atomic mass is 10.1. The van der Waals surface area contributed by atoms with Crippen molar-refractivity contribution in [1.82, 2.24) is 4.98 Å². The zero-order valence-corrected chi connectivity index (χ0v) is 9.97. The maximum Gasteiger partial charge on any atom is 0.139 e. The number of rotatable bonds is 4. The van der Waals surface area contributed by atoms with Crippen molar-refractivity contribution in [3.05, 3.63) is 24.6 Å². The lowest BCUT2D eigenvalue weighted by Crippen LogP contribution is -2.40. The fourth-order valence-corrected chi connectivity index (χ4v) is 2.47. The Bertz CT molecular complexity index is 518. The van der Waals surface area contributed by atoms with E-state index in [1.807, 2.05) is 12.1 Å². The number of hydrogen-bond donors (Lipinski definition) is 1. The number of furan rings is 1. The first-order valence-electron chi connectivity index (χ1n) is 6.06. The van der Waals surface area contributed by atoms with E-state index in [1.54, 1.807) is 12.5 Å². The summed E-state index contributed by atoms with van der Waals surface area (Å²) in [5.74, 6) is 1.70. The molecule has 4 heteroatoms. The van der Waals surface area contributed by atoms with Gasteiger partial charge in [-0.2, -0.15) is 0 Å². The van der Waals surface area contributed by atoms with E-state index in [2.05, 4.69) is 16.9 Å². The second-order valence-electron chi connectivity index (χ2n) is 4.72. The number of nitrogens with zero attached hydrogens (tertiary/aromatic N) is 2. The topological polar surface area (TPSA) is 55.3 Å². The monoisotopic (exact) mass is 231 g/mol. The number of aromatic nitrogens is 1. The molecule has 0 aromatic carbocycles. The van der Waals surface area contributed by atoms with E-state index < -0.39 is 0 Å². The van der Waals surface area contributed by atoms with Crippen LogP contribution in [0.15, 0.2) is 29.0 Å². The standard InChI is InChI=1S/C13H17N3O/c1-16(11(8-14)9-2-3-9)13-10-5-7-17-12(10)4-6-15-13/h4-7,9,11H,2-3,8,14H2,1H3. The third-order valence-electron chi connectivity index (χ3n) is 3.60. The van der Waals surface area contributed by atoms with Crippen LogP contribution in [0.25, 0.3) is 11.0 Å². The molecule has 3 rings (SSSR count). The van der Waals surface area contributed by atoms with Gasteiger partial charge in [-0.25, -0.2) is 4.98 Å². The predicted molar refractivity (Wildman–Crippen MR) is 68.0 cm³/mol. The normalized spacial score (nSPS) is 17.3. The summed E-state index contributed by atoms with van der Waals surface area (Å²) in [5, 5.41) is 1.06. The van der Waals surface area contributed by atoms with Crippen LogP contribution < -0.4 is 10.6 Å². The highest BCUT2D eigenvalue weighted by Crippen LogP contribution is 2.37. The molecule has 1 aliphatic rings. The molecular weight excluding hydrogens is 214 g/mol. The van der Waals surface area contributed by atoms with E-state index >= 15 is 0 Å². The van der Waals surface area contributed by atoms with Crippen molar-refractivity contribution in [3.8, 4) is 0 Å². The Kier molecular flexibility index (Phi) is 2.52. The van der Waals surface area contributed by atoms with E-state index in [0.717, 1.165) is 22.7 Å². The van der Waals surface area contributed by atoms with Crippen molar-refractivity contribution in [3.63, 3.8) is 0 Å². The van der Waals surface area contributed by atoms with E-state index in [0.29, 0.717) is 12.6 Å². The molecular formula is C13H17N3O. The molecule has 1 unspecified atom stereocenters. The van der Waals surface area contributed by atoms with Crippen molar-refractivity contribution in [1.29, 1.82) is 0 Å². The molecule has 2 N–H and O–H groups in total. The van der Waals surface area contributed by atoms with Gasteiger partial charge in [-0.15, -0.1) is 0 Å². The maximum atomic E-state index is 5.88. The molecule has 0 amide bonds. The van der Waals surface area contributed by atoms with Crippen LogP contribution in [0.2, 0.25) is 0 Å². The van der Waals surface area contributed by atoms with Crippen LogP contribution in [-0.2, 0) is 0 Å². The van der Waals surface area contributed by atoms with Crippen LogP contribution in [-0.4, -0.2) is 24.6 Å². The average molecular weight is 231 g/mol. The highest BCUT2D eigenvalue weighted by molar-refractivity contribution is 5.88. The molecule has 0 spiro atoms. The molecule has 90 valence electrons. The summed E-state index contributed by atoms with van der Waals surface area (Å²) in [7, 11) is 2.07. The van der Waals surface area contributed by atoms with Crippen LogP contribution in [0.5, 0.6) is 0 Å². The molecule has 4 nitrogen and oxygen atoms in total. The molecule has 2 heterocycles. The minimum Gasteiger partial charge on any atom is -0.464 e. The minimum absolute atomic E-state index is 0.392. The first-order chi connectivity index (χ1) is 8.31. The number of likely N-dealkylation sites (N-methyl/N-ethyl adjacent to an activating group) is 1. The maximum absolute atomic E-state index is 5.88. The number of anilines is 1. The Hall–Kier alpha value is -1.55. The van der Waals surface area contributed by atoms with Crippen molar-refractivity contribution in [2.45, 2.75) is 18.9 Å². The second-order valence-corrected chi connectivity index (χ2v) is 4.72. The van der Waals surface area contributed by atoms with Gasteiger partial charge in [0.25, 0.3) is 0 Å². The third kappa shape index (κ3) is 1.78. The van der Waals surface area contributed by atoms with Gasteiger partial charge in [0.05, 0.1) is 11.6 Å². The number of pyridine rings is 1. The molecule has 17 heavy (non-hydrogen) atoms. The highest BCUT2D eigenvalue weighted by atomic mass is 16.3. The number of nitrogens with two attached hydrogens (primary N) is 1. The van der Waals surface area contributed by atoms with Gasteiger partial charge < -0.3 is 15.1 Å². The average Bonchev–Trinajstić information content (AvgIpc) is 3.06. The molecule has 1 atom stereocenters. The van der Waals surface area contributed by atoms with E-state index in [-0.39, 0.29) is 0 Å². The number of fused-ring (bicyclic) bond motifs is 1. The van der Waals surface area contributed by atoms with E-state index in [9.17, 15) is 0 Å². The van der Waals surface area contributed by atoms with Crippen molar-refractivity contribution < 1.29 is 4.42 Å². The van der Waals surface area contributed by atoms with Crippen LogP contribution in [0, 0.1) is 5.92 Å². The quantitative estimate of drug-likeness (QED) is 0.874. The zero-order chi connectivity index (χ0) is 11.8. The van der Waals surface area contributed by atoms with Crippen molar-refractivity contribution in [2.75, 3.05) is 18.5 Å². The molecule has 0 radical (unpaired) electrons. The predicted octanol–water partition coefficient (Wildman–Crippen LogP) is 2.00. The van der Waals surface area contributed by atoms with Crippen molar-refractivity contribution >= 4 is 16.8 Å². The molecule has 2 aromatic heterocycles. The molecule has 1 aliphatic carbocycles. The van der Waals surface area contributed by atoms with Gasteiger partial charge in [0.1, 0.15) is 11.4 Å². The van der Waals surface area contributed by atoms with Crippen LogP contribution in [0.4, 0.5) is 5.82 Å². The van der Waals surface area contributed by atoms with Crippen LogP contribution >= 0.6 is 0 Å². The van der Waals surface area contributed by atoms with E-state index in [1.165, 1.54) is 12.8 Å². The van der Waals surface area contributed by atoms with Gasteiger partial charge >= 0.3 is 0 Å². The fourth-order valence-electron chi connectivity index (χ4n) is 2.47. The van der Waals surface area contributed by atoms with Gasteiger partial charge in [-0.1, -0.05) is 0 Å². The molecule has 0 saturated heterocycles. The minimum atomic E-state index is 0.392. The Morgan fingerprint density at radius 1 is 1.53 bits per heavy atom. The fraction of sp³-hybridized carbons (Fsp3) is 0.462. The largest absolute Gasteiger partial charge is 0.464 e. The summed E-state index contributed by atoms with van der Waals surface area (Å²) < 4.78 is 5.40. The van der Waals surface area contributed by atoms with Gasteiger partial charge in [0.15, 0.2) is 0 Å². The number of hydrogen-bond acceptors (Lipinski definition) is 4. The highest BCUT2D eigenvalue weighted by Gasteiger charge is 2.33. The van der Waals surface area contributed by atoms with Crippen molar-refractivity contribution in [2.24, 2.45) is 11.7 Å². The summed E-state index contributed by atoms with van der Waals surface area (Å²) in [4.78, 5) is 6.67. The molecule has 1 fully saturated rings. The van der Waals surface area contributed by atoms with Gasteiger partial charge in [-0.3, -0.25) is 0 Å². The Balaban J connectivity index is 1.98. The smallest absolute Gasteiger partial charge is 0.139 e.